The van der Waals surface area contributed by atoms with Gasteiger partial charge in [0.25, 0.3) is 0 Å². The number of para-hydroxylation sites is 1. The SMILES string of the molecule is CCOC(=O)Cc1ccccc1OCCc1ccccc1. The molecule has 0 N–H and O–H groups in total. The van der Waals surface area contributed by atoms with Crippen LogP contribution in [0.25, 0.3) is 0 Å². The molecule has 0 amide bonds. The van der Waals surface area contributed by atoms with Gasteiger partial charge in [0.2, 0.25) is 0 Å². The zero-order valence-corrected chi connectivity index (χ0v) is 12.2. The number of hydrogen-bond donors (Lipinski definition) is 0. The third kappa shape index (κ3) is 4.95. The molecule has 3 nitrogen and oxygen atoms in total. The third-order valence-electron chi connectivity index (χ3n) is 3.10. The molecule has 0 atom stereocenters. The van der Waals surface area contributed by atoms with Crippen LogP contribution in [0.3, 0.4) is 0 Å². The number of hydrogen-bond acceptors (Lipinski definition) is 3. The largest absolute Gasteiger partial charge is 0.493 e. The Morgan fingerprint density at radius 1 is 1.00 bits per heavy atom. The number of benzene rings is 2. The lowest BCUT2D eigenvalue weighted by Crippen LogP contribution is -2.10. The first kappa shape index (κ1) is 15.1. The molecular weight excluding hydrogens is 264 g/mol. The van der Waals surface area contributed by atoms with Gasteiger partial charge >= 0.3 is 5.97 Å². The summed E-state index contributed by atoms with van der Waals surface area (Å²) >= 11 is 0. The van der Waals surface area contributed by atoms with Crippen LogP contribution in [0.15, 0.2) is 54.6 Å². The van der Waals surface area contributed by atoms with E-state index in [2.05, 4.69) is 12.1 Å². The van der Waals surface area contributed by atoms with Crippen LogP contribution in [-0.4, -0.2) is 19.2 Å². The van der Waals surface area contributed by atoms with Crippen LogP contribution < -0.4 is 4.74 Å². The molecule has 0 spiro atoms. The first-order valence-corrected chi connectivity index (χ1v) is 7.20. The summed E-state index contributed by atoms with van der Waals surface area (Å²) in [6.45, 7) is 2.79. The van der Waals surface area contributed by atoms with Crippen LogP contribution >= 0.6 is 0 Å². The lowest BCUT2D eigenvalue weighted by molar-refractivity contribution is -0.142. The first-order chi connectivity index (χ1) is 10.3. The molecule has 110 valence electrons. The van der Waals surface area contributed by atoms with E-state index in [1.807, 2.05) is 42.5 Å². The standard InChI is InChI=1S/C18H20O3/c1-2-20-18(19)14-16-10-6-7-11-17(16)21-13-12-15-8-4-3-5-9-15/h3-11H,2,12-14H2,1H3. The smallest absolute Gasteiger partial charge is 0.310 e. The van der Waals surface area contributed by atoms with Gasteiger partial charge < -0.3 is 9.47 Å². The van der Waals surface area contributed by atoms with Gasteiger partial charge in [0.15, 0.2) is 0 Å². The summed E-state index contributed by atoms with van der Waals surface area (Å²) in [5.74, 6) is 0.526. The molecule has 2 aromatic carbocycles. The number of rotatable bonds is 7. The van der Waals surface area contributed by atoms with Crippen LogP contribution in [0.4, 0.5) is 0 Å². The highest BCUT2D eigenvalue weighted by atomic mass is 16.5. The Morgan fingerprint density at radius 2 is 1.71 bits per heavy atom. The fourth-order valence-corrected chi connectivity index (χ4v) is 2.08. The second-order valence-electron chi connectivity index (χ2n) is 4.67. The second kappa shape index (κ2) is 8.10. The van der Waals surface area contributed by atoms with Crippen molar-refractivity contribution in [1.29, 1.82) is 0 Å². The predicted molar refractivity (Wildman–Crippen MR) is 82.4 cm³/mol. The van der Waals surface area contributed by atoms with E-state index in [4.69, 9.17) is 9.47 Å². The van der Waals surface area contributed by atoms with E-state index < -0.39 is 0 Å². The van der Waals surface area contributed by atoms with Crippen molar-refractivity contribution >= 4 is 5.97 Å². The minimum Gasteiger partial charge on any atom is -0.493 e. The van der Waals surface area contributed by atoms with E-state index in [-0.39, 0.29) is 12.4 Å². The van der Waals surface area contributed by atoms with Crippen molar-refractivity contribution in [2.75, 3.05) is 13.2 Å². The molecule has 3 heteroatoms. The third-order valence-corrected chi connectivity index (χ3v) is 3.10. The van der Waals surface area contributed by atoms with Crippen LogP contribution in [0.5, 0.6) is 5.75 Å². The van der Waals surface area contributed by atoms with Crippen LogP contribution in [-0.2, 0) is 22.4 Å². The molecule has 2 rings (SSSR count). The van der Waals surface area contributed by atoms with E-state index in [0.717, 1.165) is 17.7 Å². The molecular formula is C18H20O3. The van der Waals surface area contributed by atoms with E-state index in [1.54, 1.807) is 6.92 Å². The van der Waals surface area contributed by atoms with Crippen LogP contribution in [0, 0.1) is 0 Å². The summed E-state index contributed by atoms with van der Waals surface area (Å²) in [4.78, 5) is 11.6. The molecule has 0 saturated carbocycles. The summed E-state index contributed by atoms with van der Waals surface area (Å²) in [6, 6.07) is 17.8. The average Bonchev–Trinajstić information content (AvgIpc) is 2.50. The Labute approximate surface area is 125 Å². The maximum atomic E-state index is 11.6. The summed E-state index contributed by atoms with van der Waals surface area (Å²) < 4.78 is 10.8. The Morgan fingerprint density at radius 3 is 2.48 bits per heavy atom. The highest BCUT2D eigenvalue weighted by molar-refractivity contribution is 5.73. The molecule has 0 saturated heterocycles. The molecule has 0 aromatic heterocycles. The van der Waals surface area contributed by atoms with E-state index >= 15 is 0 Å². The number of ether oxygens (including phenoxy) is 2. The highest BCUT2D eigenvalue weighted by Gasteiger charge is 2.09. The molecule has 2 aromatic rings. The second-order valence-corrected chi connectivity index (χ2v) is 4.67. The number of carbonyl (C=O) groups excluding carboxylic acids is 1. The molecule has 0 bridgehead atoms. The maximum Gasteiger partial charge on any atom is 0.310 e. The monoisotopic (exact) mass is 284 g/mol. The summed E-state index contributed by atoms with van der Waals surface area (Å²) in [5.41, 5.74) is 2.10. The zero-order valence-electron chi connectivity index (χ0n) is 12.2. The van der Waals surface area contributed by atoms with Crippen molar-refractivity contribution in [2.45, 2.75) is 19.8 Å². The summed E-state index contributed by atoms with van der Waals surface area (Å²) in [7, 11) is 0. The fraction of sp³-hybridized carbons (Fsp3) is 0.278. The van der Waals surface area contributed by atoms with Crippen molar-refractivity contribution in [3.05, 3.63) is 65.7 Å². The maximum absolute atomic E-state index is 11.6. The fourth-order valence-electron chi connectivity index (χ4n) is 2.08. The van der Waals surface area contributed by atoms with Gasteiger partial charge in [-0.15, -0.1) is 0 Å². The Kier molecular flexibility index (Phi) is 5.83. The van der Waals surface area contributed by atoms with E-state index in [1.165, 1.54) is 5.56 Å². The van der Waals surface area contributed by atoms with Crippen LogP contribution in [0.2, 0.25) is 0 Å². The molecule has 0 heterocycles. The number of carbonyl (C=O) groups is 1. The molecule has 0 aliphatic heterocycles. The molecule has 0 aliphatic rings. The quantitative estimate of drug-likeness (QED) is 0.731. The lowest BCUT2D eigenvalue weighted by Gasteiger charge is -2.11. The average molecular weight is 284 g/mol. The number of esters is 1. The molecule has 0 radical (unpaired) electrons. The highest BCUT2D eigenvalue weighted by Crippen LogP contribution is 2.19. The topological polar surface area (TPSA) is 35.5 Å². The summed E-state index contributed by atoms with van der Waals surface area (Å²) in [5, 5.41) is 0. The van der Waals surface area contributed by atoms with E-state index in [9.17, 15) is 4.79 Å². The summed E-state index contributed by atoms with van der Waals surface area (Å²) in [6.07, 6.45) is 1.09. The molecule has 0 unspecified atom stereocenters. The van der Waals surface area contributed by atoms with Gasteiger partial charge in [-0.1, -0.05) is 48.5 Å². The van der Waals surface area contributed by atoms with Gasteiger partial charge in [-0.2, -0.15) is 0 Å². The van der Waals surface area contributed by atoms with Gasteiger partial charge in [-0.25, -0.2) is 0 Å². The van der Waals surface area contributed by atoms with E-state index in [0.29, 0.717) is 13.2 Å². The Balaban J connectivity index is 1.92. The van der Waals surface area contributed by atoms with Crippen molar-refractivity contribution < 1.29 is 14.3 Å². The normalized spacial score (nSPS) is 10.1. The van der Waals surface area contributed by atoms with Crippen LogP contribution in [0.1, 0.15) is 18.1 Å². The predicted octanol–water partition coefficient (Wildman–Crippen LogP) is 3.41. The first-order valence-electron chi connectivity index (χ1n) is 7.20. The van der Waals surface area contributed by atoms with Gasteiger partial charge in [-0.3, -0.25) is 4.79 Å². The molecule has 0 aliphatic carbocycles. The zero-order chi connectivity index (χ0) is 14.9. The Bertz CT molecular complexity index is 564. The Hall–Kier alpha value is -2.29. The van der Waals surface area contributed by atoms with Crippen molar-refractivity contribution in [1.82, 2.24) is 0 Å². The molecule has 21 heavy (non-hydrogen) atoms. The lowest BCUT2D eigenvalue weighted by atomic mass is 10.1. The van der Waals surface area contributed by atoms with Crippen molar-refractivity contribution in [2.24, 2.45) is 0 Å². The molecule has 0 fully saturated rings. The van der Waals surface area contributed by atoms with Crippen molar-refractivity contribution in [3.8, 4) is 5.75 Å². The van der Waals surface area contributed by atoms with Crippen molar-refractivity contribution in [3.63, 3.8) is 0 Å². The van der Waals surface area contributed by atoms with Gasteiger partial charge in [0, 0.05) is 12.0 Å². The van der Waals surface area contributed by atoms with Gasteiger partial charge in [0.1, 0.15) is 5.75 Å². The van der Waals surface area contributed by atoms with Gasteiger partial charge in [0.05, 0.1) is 19.6 Å². The minimum absolute atomic E-state index is 0.225. The van der Waals surface area contributed by atoms with Gasteiger partial charge in [-0.05, 0) is 18.6 Å². The minimum atomic E-state index is -0.225.